The second kappa shape index (κ2) is 4.26. The first-order valence-corrected chi connectivity index (χ1v) is 13.0. The van der Waals surface area contributed by atoms with E-state index in [-0.39, 0.29) is 0 Å². The highest BCUT2D eigenvalue weighted by atomic mass is 28.3. The summed E-state index contributed by atoms with van der Waals surface area (Å²) in [6, 6.07) is 10.6. The quantitative estimate of drug-likeness (QED) is 0.703. The van der Waals surface area contributed by atoms with E-state index in [1.54, 1.807) is 10.8 Å². The molecule has 0 heterocycles. The fourth-order valence-corrected chi connectivity index (χ4v) is 4.42. The third-order valence-corrected chi connectivity index (χ3v) is 6.04. The Labute approximate surface area is 96.7 Å². The highest BCUT2D eigenvalue weighted by Crippen LogP contribution is 2.12. The molecule has 84 valence electrons. The van der Waals surface area contributed by atoms with E-state index in [9.17, 15) is 0 Å². The van der Waals surface area contributed by atoms with Gasteiger partial charge in [-0.25, -0.2) is 0 Å². The van der Waals surface area contributed by atoms with E-state index in [4.69, 9.17) is 0 Å². The van der Waals surface area contributed by atoms with Crippen molar-refractivity contribution in [3.05, 3.63) is 29.8 Å². The molecule has 0 aliphatic carbocycles. The van der Waals surface area contributed by atoms with Gasteiger partial charge in [-0.15, -0.1) is 0 Å². The van der Waals surface area contributed by atoms with Crippen LogP contribution in [0, 0.1) is 0 Å². The Balaban J connectivity index is 2.94. The van der Waals surface area contributed by atoms with E-state index in [0.29, 0.717) is 0 Å². The van der Waals surface area contributed by atoms with Gasteiger partial charge in [0.1, 0.15) is 0 Å². The van der Waals surface area contributed by atoms with E-state index in [1.165, 1.54) is 6.04 Å². The van der Waals surface area contributed by atoms with Gasteiger partial charge in [0.05, 0.1) is 8.07 Å². The van der Waals surface area contributed by atoms with Gasteiger partial charge in [0.2, 0.25) is 0 Å². The first kappa shape index (κ1) is 12.7. The zero-order valence-electron chi connectivity index (χ0n) is 11.0. The van der Waals surface area contributed by atoms with Crippen molar-refractivity contribution in [3.63, 3.8) is 0 Å². The molecule has 0 aliphatic heterocycles. The smallest absolute Gasteiger partial charge is 0.0693 e. The number of rotatable bonds is 3. The third-order valence-electron chi connectivity index (χ3n) is 2.53. The fourth-order valence-electron chi connectivity index (χ4n) is 1.76. The van der Waals surface area contributed by atoms with Crippen molar-refractivity contribution in [1.82, 2.24) is 0 Å². The standard InChI is InChI=1S/C13H24Si2/c1-14(2,3)11-12-8-7-9-13(10-12)15(4,5)6/h7-10H,11H2,1-6H3. The maximum atomic E-state index is 2.45. The molecule has 0 unspecified atom stereocenters. The molecule has 0 saturated heterocycles. The molecule has 0 saturated carbocycles. The molecule has 0 nitrogen and oxygen atoms in total. The molecule has 0 spiro atoms. The highest BCUT2D eigenvalue weighted by molar-refractivity contribution is 6.88. The van der Waals surface area contributed by atoms with Gasteiger partial charge in [-0.05, 0) is 6.04 Å². The van der Waals surface area contributed by atoms with Crippen LogP contribution in [-0.4, -0.2) is 16.1 Å². The zero-order valence-corrected chi connectivity index (χ0v) is 13.0. The number of hydrogen-bond donors (Lipinski definition) is 0. The highest BCUT2D eigenvalue weighted by Gasteiger charge is 2.18. The summed E-state index contributed by atoms with van der Waals surface area (Å²) in [5, 5.41) is 1.60. The van der Waals surface area contributed by atoms with Crippen LogP contribution in [0.3, 0.4) is 0 Å². The van der Waals surface area contributed by atoms with Crippen LogP contribution in [0.4, 0.5) is 0 Å². The first-order chi connectivity index (χ1) is 6.68. The van der Waals surface area contributed by atoms with Crippen molar-refractivity contribution in [2.24, 2.45) is 0 Å². The van der Waals surface area contributed by atoms with E-state index in [1.807, 2.05) is 0 Å². The predicted octanol–water partition coefficient (Wildman–Crippen LogP) is 3.65. The van der Waals surface area contributed by atoms with Gasteiger partial charge in [0.15, 0.2) is 0 Å². The Morgan fingerprint density at radius 2 is 1.53 bits per heavy atom. The second-order valence-electron chi connectivity index (χ2n) is 6.69. The molecule has 15 heavy (non-hydrogen) atoms. The average Bonchev–Trinajstić information content (AvgIpc) is 1.99. The summed E-state index contributed by atoms with van der Waals surface area (Å²) in [7, 11) is -2.09. The molecule has 0 radical (unpaired) electrons. The van der Waals surface area contributed by atoms with Gasteiger partial charge < -0.3 is 0 Å². The second-order valence-corrected chi connectivity index (χ2v) is 17.2. The largest absolute Gasteiger partial charge is 0.0776 e. The van der Waals surface area contributed by atoms with Gasteiger partial charge in [-0.3, -0.25) is 0 Å². The monoisotopic (exact) mass is 236 g/mol. The summed E-state index contributed by atoms with van der Waals surface area (Å²) in [5.41, 5.74) is 1.55. The SMILES string of the molecule is C[Si](C)(C)Cc1cccc([Si](C)(C)C)c1. The number of hydrogen-bond acceptors (Lipinski definition) is 0. The lowest BCUT2D eigenvalue weighted by Gasteiger charge is -2.20. The van der Waals surface area contributed by atoms with Crippen LogP contribution in [0.5, 0.6) is 0 Å². The van der Waals surface area contributed by atoms with Crippen molar-refractivity contribution in [2.45, 2.75) is 45.3 Å². The molecular weight excluding hydrogens is 212 g/mol. The molecule has 0 bridgehead atoms. The Morgan fingerprint density at radius 3 is 2.00 bits per heavy atom. The van der Waals surface area contributed by atoms with Crippen LogP contribution in [0.2, 0.25) is 39.3 Å². The molecule has 0 fully saturated rings. The van der Waals surface area contributed by atoms with Crippen molar-refractivity contribution >= 4 is 21.3 Å². The molecular formula is C13H24Si2. The molecule has 1 aromatic rings. The van der Waals surface area contributed by atoms with Crippen LogP contribution >= 0.6 is 0 Å². The topological polar surface area (TPSA) is 0 Å². The number of benzene rings is 1. The van der Waals surface area contributed by atoms with Crippen LogP contribution < -0.4 is 5.19 Å². The van der Waals surface area contributed by atoms with Gasteiger partial charge >= 0.3 is 0 Å². The first-order valence-electron chi connectivity index (χ1n) is 5.78. The molecule has 0 amide bonds. The van der Waals surface area contributed by atoms with Crippen LogP contribution in [0.1, 0.15) is 5.56 Å². The van der Waals surface area contributed by atoms with E-state index < -0.39 is 16.1 Å². The van der Waals surface area contributed by atoms with Crippen LogP contribution in [0.15, 0.2) is 24.3 Å². The molecule has 0 N–H and O–H groups in total. The van der Waals surface area contributed by atoms with Gasteiger partial charge in [-0.1, -0.05) is 74.3 Å². The van der Waals surface area contributed by atoms with Crippen LogP contribution in [-0.2, 0) is 6.04 Å². The fraction of sp³-hybridized carbons (Fsp3) is 0.538. The predicted molar refractivity (Wildman–Crippen MR) is 76.5 cm³/mol. The normalized spacial score (nSPS) is 12.9. The Morgan fingerprint density at radius 1 is 0.933 bits per heavy atom. The van der Waals surface area contributed by atoms with Gasteiger partial charge in [0.25, 0.3) is 0 Å². The van der Waals surface area contributed by atoms with E-state index in [2.05, 4.69) is 63.5 Å². The van der Waals surface area contributed by atoms with Crippen molar-refractivity contribution < 1.29 is 0 Å². The Bertz CT molecular complexity index is 329. The minimum atomic E-state index is -1.12. The lowest BCUT2D eigenvalue weighted by atomic mass is 10.2. The lowest BCUT2D eigenvalue weighted by molar-refractivity contribution is 1.31. The molecule has 1 aromatic carbocycles. The summed E-state index contributed by atoms with van der Waals surface area (Å²) < 4.78 is 0. The summed E-state index contributed by atoms with van der Waals surface area (Å²) in [6.07, 6.45) is 0. The summed E-state index contributed by atoms with van der Waals surface area (Å²) in [6.45, 7) is 14.6. The maximum Gasteiger partial charge on any atom is 0.0776 e. The molecule has 0 aliphatic rings. The molecule has 1 rings (SSSR count). The van der Waals surface area contributed by atoms with Gasteiger partial charge in [0, 0.05) is 8.07 Å². The maximum absolute atomic E-state index is 2.45. The van der Waals surface area contributed by atoms with E-state index in [0.717, 1.165) is 0 Å². The van der Waals surface area contributed by atoms with E-state index >= 15 is 0 Å². The zero-order chi connectivity index (χ0) is 11.7. The molecule has 0 aromatic heterocycles. The van der Waals surface area contributed by atoms with Crippen molar-refractivity contribution in [3.8, 4) is 0 Å². The van der Waals surface area contributed by atoms with Gasteiger partial charge in [-0.2, -0.15) is 0 Å². The Hall–Kier alpha value is -0.346. The Kier molecular flexibility index (Phi) is 3.61. The molecule has 2 heteroatoms. The molecule has 0 atom stereocenters. The average molecular weight is 237 g/mol. The van der Waals surface area contributed by atoms with Crippen molar-refractivity contribution in [1.29, 1.82) is 0 Å². The third kappa shape index (κ3) is 4.35. The van der Waals surface area contributed by atoms with Crippen molar-refractivity contribution in [2.75, 3.05) is 0 Å². The van der Waals surface area contributed by atoms with Crippen LogP contribution in [0.25, 0.3) is 0 Å². The lowest BCUT2D eigenvalue weighted by Crippen LogP contribution is -2.38. The summed E-state index contributed by atoms with van der Waals surface area (Å²) >= 11 is 0. The minimum Gasteiger partial charge on any atom is -0.0693 e. The summed E-state index contributed by atoms with van der Waals surface area (Å²) in [5.74, 6) is 0. The minimum absolute atomic E-state index is 0.965. The summed E-state index contributed by atoms with van der Waals surface area (Å²) in [4.78, 5) is 0.